The third kappa shape index (κ3) is 4.12. The van der Waals surface area contributed by atoms with Gasteiger partial charge in [0.05, 0.1) is 30.5 Å². The molecule has 140 valence electrons. The number of carbonyl (C=O) groups excluding carboxylic acids is 1. The van der Waals surface area contributed by atoms with Crippen LogP contribution in [0, 0.1) is 6.92 Å². The van der Waals surface area contributed by atoms with Crippen LogP contribution in [-0.4, -0.2) is 35.9 Å². The van der Waals surface area contributed by atoms with Gasteiger partial charge >= 0.3 is 0 Å². The molecule has 0 unspecified atom stereocenters. The zero-order chi connectivity index (χ0) is 19.3. The Labute approximate surface area is 161 Å². The number of rotatable bonds is 6. The minimum atomic E-state index is -0.0920. The fourth-order valence-corrected chi connectivity index (χ4v) is 2.91. The standard InChI is InChI=1S/C20H19N7O/c1-15-4-2-3-5-17(15)12-26-13-18(11-22-26)23-20(28)10-16-6-8-19(9-7-16)27-14-21-24-25-27/h2-9,11,13-14H,10,12H2,1H3,(H,23,28). The Kier molecular flexibility index (Phi) is 4.92. The number of amides is 1. The Morgan fingerprint density at radius 2 is 1.93 bits per heavy atom. The van der Waals surface area contributed by atoms with Gasteiger partial charge in [0.25, 0.3) is 0 Å². The average molecular weight is 373 g/mol. The minimum absolute atomic E-state index is 0.0920. The van der Waals surface area contributed by atoms with Crippen LogP contribution in [0.5, 0.6) is 0 Å². The number of nitrogens with one attached hydrogen (secondary N) is 1. The topological polar surface area (TPSA) is 90.5 Å². The highest BCUT2D eigenvalue weighted by Crippen LogP contribution is 2.13. The van der Waals surface area contributed by atoms with Gasteiger partial charge in [0.15, 0.2) is 0 Å². The first-order valence-corrected chi connectivity index (χ1v) is 8.86. The number of aromatic nitrogens is 6. The van der Waals surface area contributed by atoms with Crippen molar-refractivity contribution in [2.45, 2.75) is 19.9 Å². The smallest absolute Gasteiger partial charge is 0.228 e. The van der Waals surface area contributed by atoms with Crippen LogP contribution in [0.25, 0.3) is 5.69 Å². The maximum Gasteiger partial charge on any atom is 0.228 e. The van der Waals surface area contributed by atoms with Gasteiger partial charge in [-0.25, -0.2) is 4.68 Å². The average Bonchev–Trinajstić information content (AvgIpc) is 3.37. The van der Waals surface area contributed by atoms with Crippen LogP contribution in [0.1, 0.15) is 16.7 Å². The van der Waals surface area contributed by atoms with Crippen LogP contribution in [0.3, 0.4) is 0 Å². The summed E-state index contributed by atoms with van der Waals surface area (Å²) in [5.41, 5.74) is 4.84. The molecule has 0 radical (unpaired) electrons. The monoisotopic (exact) mass is 373 g/mol. The molecule has 8 nitrogen and oxygen atoms in total. The molecule has 4 aromatic rings. The molecular weight excluding hydrogens is 354 g/mol. The highest BCUT2D eigenvalue weighted by Gasteiger charge is 2.08. The number of carbonyl (C=O) groups is 1. The zero-order valence-electron chi connectivity index (χ0n) is 15.4. The predicted molar refractivity (Wildman–Crippen MR) is 104 cm³/mol. The summed E-state index contributed by atoms with van der Waals surface area (Å²) in [6.07, 6.45) is 5.30. The molecule has 8 heteroatoms. The van der Waals surface area contributed by atoms with Gasteiger partial charge in [-0.2, -0.15) is 5.10 Å². The van der Waals surface area contributed by atoms with Gasteiger partial charge in [-0.1, -0.05) is 36.4 Å². The fourth-order valence-electron chi connectivity index (χ4n) is 2.91. The number of benzene rings is 2. The van der Waals surface area contributed by atoms with Gasteiger partial charge in [-0.15, -0.1) is 5.10 Å². The summed E-state index contributed by atoms with van der Waals surface area (Å²) in [7, 11) is 0. The Bertz CT molecular complexity index is 1070. The van der Waals surface area contributed by atoms with E-state index in [0.717, 1.165) is 11.3 Å². The van der Waals surface area contributed by atoms with Crippen LogP contribution in [0.4, 0.5) is 5.69 Å². The second-order valence-electron chi connectivity index (χ2n) is 6.50. The molecule has 4 rings (SSSR count). The molecular formula is C20H19N7O. The van der Waals surface area contributed by atoms with Crippen molar-refractivity contribution in [2.75, 3.05) is 5.32 Å². The van der Waals surface area contributed by atoms with Crippen LogP contribution < -0.4 is 5.32 Å². The van der Waals surface area contributed by atoms with E-state index < -0.39 is 0 Å². The van der Waals surface area contributed by atoms with Gasteiger partial charge < -0.3 is 5.32 Å². The van der Waals surface area contributed by atoms with E-state index in [9.17, 15) is 4.79 Å². The Balaban J connectivity index is 1.35. The van der Waals surface area contributed by atoms with Crippen LogP contribution in [0.2, 0.25) is 0 Å². The van der Waals surface area contributed by atoms with Crippen molar-refractivity contribution in [3.8, 4) is 5.69 Å². The molecule has 1 N–H and O–H groups in total. The van der Waals surface area contributed by atoms with Crippen molar-refractivity contribution in [3.05, 3.63) is 83.9 Å². The zero-order valence-corrected chi connectivity index (χ0v) is 15.4. The van der Waals surface area contributed by atoms with E-state index in [2.05, 4.69) is 45.0 Å². The van der Waals surface area contributed by atoms with Gasteiger partial charge in [0, 0.05) is 6.20 Å². The molecule has 0 aliphatic carbocycles. The number of nitrogens with zero attached hydrogens (tertiary/aromatic N) is 6. The van der Waals surface area contributed by atoms with E-state index in [-0.39, 0.29) is 12.3 Å². The van der Waals surface area contributed by atoms with E-state index in [1.165, 1.54) is 17.5 Å². The summed E-state index contributed by atoms with van der Waals surface area (Å²) in [6, 6.07) is 15.7. The highest BCUT2D eigenvalue weighted by molar-refractivity contribution is 5.92. The first-order valence-electron chi connectivity index (χ1n) is 8.86. The molecule has 0 saturated carbocycles. The van der Waals surface area contributed by atoms with E-state index in [0.29, 0.717) is 12.2 Å². The quantitative estimate of drug-likeness (QED) is 0.560. The summed E-state index contributed by atoms with van der Waals surface area (Å²) in [4.78, 5) is 12.3. The normalized spacial score (nSPS) is 10.8. The van der Waals surface area contributed by atoms with Crippen LogP contribution >= 0.6 is 0 Å². The molecule has 0 atom stereocenters. The molecule has 28 heavy (non-hydrogen) atoms. The predicted octanol–water partition coefficient (Wildman–Crippen LogP) is 2.40. The van der Waals surface area contributed by atoms with E-state index in [4.69, 9.17) is 0 Å². The van der Waals surface area contributed by atoms with Crippen molar-refractivity contribution >= 4 is 11.6 Å². The van der Waals surface area contributed by atoms with Crippen molar-refractivity contribution in [1.82, 2.24) is 30.0 Å². The van der Waals surface area contributed by atoms with Crippen LogP contribution in [0.15, 0.2) is 67.3 Å². The van der Waals surface area contributed by atoms with Gasteiger partial charge in [-0.3, -0.25) is 9.48 Å². The number of anilines is 1. The second-order valence-corrected chi connectivity index (χ2v) is 6.50. The number of tetrazole rings is 1. The Morgan fingerprint density at radius 3 is 2.68 bits per heavy atom. The summed E-state index contributed by atoms with van der Waals surface area (Å²) < 4.78 is 3.38. The van der Waals surface area contributed by atoms with Gasteiger partial charge in [0.1, 0.15) is 6.33 Å². The summed E-state index contributed by atoms with van der Waals surface area (Å²) in [5.74, 6) is -0.0920. The highest BCUT2D eigenvalue weighted by atomic mass is 16.1. The summed E-state index contributed by atoms with van der Waals surface area (Å²) in [5, 5.41) is 18.3. The number of hydrogen-bond donors (Lipinski definition) is 1. The molecule has 0 bridgehead atoms. The van der Waals surface area contributed by atoms with E-state index >= 15 is 0 Å². The third-order valence-corrected chi connectivity index (χ3v) is 4.43. The molecule has 0 aliphatic rings. The fraction of sp³-hybridized carbons (Fsp3) is 0.150. The van der Waals surface area contributed by atoms with Crippen molar-refractivity contribution in [3.63, 3.8) is 0 Å². The molecule has 2 heterocycles. The summed E-state index contributed by atoms with van der Waals surface area (Å²) in [6.45, 7) is 2.74. The second kappa shape index (κ2) is 7.83. The molecule has 2 aromatic carbocycles. The van der Waals surface area contributed by atoms with E-state index in [1.54, 1.807) is 10.9 Å². The SMILES string of the molecule is Cc1ccccc1Cn1cc(NC(=O)Cc2ccc(-n3cnnn3)cc2)cn1. The third-order valence-electron chi connectivity index (χ3n) is 4.43. The van der Waals surface area contributed by atoms with Crippen LogP contribution in [-0.2, 0) is 17.8 Å². The minimum Gasteiger partial charge on any atom is -0.323 e. The number of aryl methyl sites for hydroxylation is 1. The lowest BCUT2D eigenvalue weighted by molar-refractivity contribution is -0.115. The first kappa shape index (κ1) is 17.6. The first-order chi connectivity index (χ1) is 13.7. The van der Waals surface area contributed by atoms with E-state index in [1.807, 2.05) is 47.3 Å². The lowest BCUT2D eigenvalue weighted by atomic mass is 10.1. The van der Waals surface area contributed by atoms with Crippen molar-refractivity contribution in [1.29, 1.82) is 0 Å². The maximum absolute atomic E-state index is 12.3. The lowest BCUT2D eigenvalue weighted by Crippen LogP contribution is -2.14. The molecule has 0 fully saturated rings. The molecule has 0 saturated heterocycles. The van der Waals surface area contributed by atoms with Gasteiger partial charge in [0.2, 0.25) is 5.91 Å². The molecule has 2 aromatic heterocycles. The van der Waals surface area contributed by atoms with Gasteiger partial charge in [-0.05, 0) is 46.2 Å². The largest absolute Gasteiger partial charge is 0.323 e. The molecule has 0 spiro atoms. The van der Waals surface area contributed by atoms with Crippen molar-refractivity contribution in [2.24, 2.45) is 0 Å². The molecule has 1 amide bonds. The number of hydrogen-bond acceptors (Lipinski definition) is 5. The maximum atomic E-state index is 12.3. The van der Waals surface area contributed by atoms with Crippen molar-refractivity contribution < 1.29 is 4.79 Å². The summed E-state index contributed by atoms with van der Waals surface area (Å²) >= 11 is 0. The molecule has 0 aliphatic heterocycles. The Hall–Kier alpha value is -3.81. The Morgan fingerprint density at radius 1 is 1.11 bits per heavy atom. The lowest BCUT2D eigenvalue weighted by Gasteiger charge is -2.06.